The average Bonchev–Trinajstić information content (AvgIpc) is 3.18. The Morgan fingerprint density at radius 3 is 2.75 bits per heavy atom. The number of furan rings is 1. The summed E-state index contributed by atoms with van der Waals surface area (Å²) in [5.74, 6) is 0.573. The van der Waals surface area contributed by atoms with Crippen LogP contribution < -0.4 is 5.32 Å². The third-order valence-corrected chi connectivity index (χ3v) is 2.82. The first-order chi connectivity index (χ1) is 9.83. The molecule has 3 aromatic rings. The highest BCUT2D eigenvalue weighted by molar-refractivity contribution is 5.94. The minimum absolute atomic E-state index is 0.147. The van der Waals surface area contributed by atoms with Gasteiger partial charge in [-0.1, -0.05) is 0 Å². The number of rotatable bonds is 4. The molecular weight excluding hydrogens is 256 g/mol. The van der Waals surface area contributed by atoms with Crippen molar-refractivity contribution in [3.05, 3.63) is 66.6 Å². The third-order valence-electron chi connectivity index (χ3n) is 2.82. The molecule has 0 unspecified atom stereocenters. The Morgan fingerprint density at radius 2 is 2.10 bits per heavy atom. The molecule has 6 nitrogen and oxygen atoms in total. The summed E-state index contributed by atoms with van der Waals surface area (Å²) in [6, 6.07) is 10.7. The number of benzene rings is 1. The summed E-state index contributed by atoms with van der Waals surface area (Å²) < 4.78 is 6.78. The molecule has 100 valence electrons. The summed E-state index contributed by atoms with van der Waals surface area (Å²) in [6.45, 7) is 0.372. The number of carbonyl (C=O) groups is 1. The van der Waals surface area contributed by atoms with Gasteiger partial charge < -0.3 is 9.73 Å². The molecule has 1 amide bonds. The molecule has 1 aromatic carbocycles. The lowest BCUT2D eigenvalue weighted by molar-refractivity contribution is 0.0948. The Kier molecular flexibility index (Phi) is 3.28. The van der Waals surface area contributed by atoms with Crippen LogP contribution in [0.1, 0.15) is 16.1 Å². The Hall–Kier alpha value is -2.89. The minimum atomic E-state index is -0.147. The van der Waals surface area contributed by atoms with E-state index < -0.39 is 0 Å². The van der Waals surface area contributed by atoms with Gasteiger partial charge in [-0.25, -0.2) is 9.67 Å². The molecule has 0 aliphatic carbocycles. The molecule has 0 bridgehead atoms. The SMILES string of the molecule is O=C(NCc1ccco1)c1ccc(-n2cncn2)cc1. The van der Waals surface area contributed by atoms with E-state index in [4.69, 9.17) is 4.42 Å². The predicted octanol–water partition coefficient (Wildman–Crippen LogP) is 1.79. The lowest BCUT2D eigenvalue weighted by atomic mass is 10.2. The van der Waals surface area contributed by atoms with Gasteiger partial charge in [0.15, 0.2) is 0 Å². The van der Waals surface area contributed by atoms with Gasteiger partial charge in [0.2, 0.25) is 0 Å². The monoisotopic (exact) mass is 268 g/mol. The topological polar surface area (TPSA) is 73.0 Å². The number of amides is 1. The number of carbonyl (C=O) groups excluding carboxylic acids is 1. The van der Waals surface area contributed by atoms with Crippen molar-refractivity contribution in [3.63, 3.8) is 0 Å². The molecule has 3 rings (SSSR count). The zero-order valence-electron chi connectivity index (χ0n) is 10.6. The maximum absolute atomic E-state index is 12.0. The smallest absolute Gasteiger partial charge is 0.251 e. The van der Waals surface area contributed by atoms with Gasteiger partial charge in [0.1, 0.15) is 18.4 Å². The number of aromatic nitrogens is 3. The summed E-state index contributed by atoms with van der Waals surface area (Å²) in [4.78, 5) is 15.8. The molecule has 2 aromatic heterocycles. The van der Waals surface area contributed by atoms with Crippen molar-refractivity contribution in [2.75, 3.05) is 0 Å². The Morgan fingerprint density at radius 1 is 1.25 bits per heavy atom. The molecule has 20 heavy (non-hydrogen) atoms. The first-order valence-electron chi connectivity index (χ1n) is 6.08. The van der Waals surface area contributed by atoms with Crippen LogP contribution in [0.2, 0.25) is 0 Å². The molecule has 0 radical (unpaired) electrons. The fourth-order valence-electron chi connectivity index (χ4n) is 1.79. The van der Waals surface area contributed by atoms with Gasteiger partial charge in [-0.2, -0.15) is 5.10 Å². The second-order valence-electron chi connectivity index (χ2n) is 4.15. The Balaban J connectivity index is 1.66. The molecule has 0 aliphatic heterocycles. The van der Waals surface area contributed by atoms with E-state index in [-0.39, 0.29) is 5.91 Å². The van der Waals surface area contributed by atoms with Crippen LogP contribution in [-0.2, 0) is 6.54 Å². The van der Waals surface area contributed by atoms with Crippen LogP contribution in [0.5, 0.6) is 0 Å². The van der Waals surface area contributed by atoms with Crippen LogP contribution in [-0.4, -0.2) is 20.7 Å². The van der Waals surface area contributed by atoms with Crippen LogP contribution in [0.25, 0.3) is 5.69 Å². The van der Waals surface area contributed by atoms with Crippen molar-refractivity contribution in [3.8, 4) is 5.69 Å². The van der Waals surface area contributed by atoms with Gasteiger partial charge in [0, 0.05) is 5.56 Å². The van der Waals surface area contributed by atoms with Crippen LogP contribution >= 0.6 is 0 Å². The molecular formula is C14H12N4O2. The van der Waals surface area contributed by atoms with E-state index in [1.54, 1.807) is 35.5 Å². The van der Waals surface area contributed by atoms with Gasteiger partial charge in [0.25, 0.3) is 5.91 Å². The zero-order valence-corrected chi connectivity index (χ0v) is 10.6. The lowest BCUT2D eigenvalue weighted by Gasteiger charge is -2.05. The first-order valence-corrected chi connectivity index (χ1v) is 6.08. The van der Waals surface area contributed by atoms with E-state index in [0.29, 0.717) is 12.1 Å². The summed E-state index contributed by atoms with van der Waals surface area (Å²) in [6.07, 6.45) is 4.64. The zero-order chi connectivity index (χ0) is 13.8. The standard InChI is InChI=1S/C14H12N4O2/c19-14(16-8-13-2-1-7-20-13)11-3-5-12(6-4-11)18-10-15-9-17-18/h1-7,9-10H,8H2,(H,16,19). The summed E-state index contributed by atoms with van der Waals surface area (Å²) in [5.41, 5.74) is 1.44. The molecule has 0 saturated heterocycles. The van der Waals surface area contributed by atoms with Crippen molar-refractivity contribution in [2.24, 2.45) is 0 Å². The summed E-state index contributed by atoms with van der Waals surface area (Å²) in [5, 5.41) is 6.81. The van der Waals surface area contributed by atoms with Crippen molar-refractivity contribution in [1.29, 1.82) is 0 Å². The van der Waals surface area contributed by atoms with Gasteiger partial charge in [0.05, 0.1) is 18.5 Å². The van der Waals surface area contributed by atoms with Crippen LogP contribution in [0, 0.1) is 0 Å². The molecule has 6 heteroatoms. The Labute approximate surface area is 115 Å². The highest BCUT2D eigenvalue weighted by atomic mass is 16.3. The highest BCUT2D eigenvalue weighted by Crippen LogP contribution is 2.08. The molecule has 0 atom stereocenters. The molecule has 1 N–H and O–H groups in total. The molecule has 0 saturated carbocycles. The fourth-order valence-corrected chi connectivity index (χ4v) is 1.79. The van der Waals surface area contributed by atoms with Gasteiger partial charge in [-0.05, 0) is 36.4 Å². The van der Waals surface area contributed by atoms with Gasteiger partial charge >= 0.3 is 0 Å². The van der Waals surface area contributed by atoms with Crippen molar-refractivity contribution >= 4 is 5.91 Å². The van der Waals surface area contributed by atoms with E-state index in [0.717, 1.165) is 11.4 Å². The Bertz CT molecular complexity index is 673. The van der Waals surface area contributed by atoms with E-state index in [9.17, 15) is 4.79 Å². The van der Waals surface area contributed by atoms with Crippen LogP contribution in [0.3, 0.4) is 0 Å². The molecule has 0 aliphatic rings. The number of hydrogen-bond acceptors (Lipinski definition) is 4. The number of nitrogens with zero attached hydrogens (tertiary/aromatic N) is 3. The molecule has 2 heterocycles. The van der Waals surface area contributed by atoms with E-state index >= 15 is 0 Å². The lowest BCUT2D eigenvalue weighted by Crippen LogP contribution is -2.22. The number of nitrogens with one attached hydrogen (secondary N) is 1. The van der Waals surface area contributed by atoms with E-state index in [1.807, 2.05) is 18.2 Å². The van der Waals surface area contributed by atoms with Gasteiger partial charge in [-0.15, -0.1) is 0 Å². The van der Waals surface area contributed by atoms with Crippen molar-refractivity contribution in [1.82, 2.24) is 20.1 Å². The molecule has 0 spiro atoms. The van der Waals surface area contributed by atoms with Crippen LogP contribution in [0.4, 0.5) is 0 Å². The minimum Gasteiger partial charge on any atom is -0.467 e. The predicted molar refractivity (Wildman–Crippen MR) is 71.2 cm³/mol. The van der Waals surface area contributed by atoms with E-state index in [1.165, 1.54) is 6.33 Å². The maximum Gasteiger partial charge on any atom is 0.251 e. The average molecular weight is 268 g/mol. The maximum atomic E-state index is 12.0. The van der Waals surface area contributed by atoms with E-state index in [2.05, 4.69) is 15.4 Å². The normalized spacial score (nSPS) is 10.4. The summed E-state index contributed by atoms with van der Waals surface area (Å²) >= 11 is 0. The second kappa shape index (κ2) is 5.40. The largest absolute Gasteiger partial charge is 0.467 e. The second-order valence-corrected chi connectivity index (χ2v) is 4.15. The summed E-state index contributed by atoms with van der Waals surface area (Å²) in [7, 11) is 0. The van der Waals surface area contributed by atoms with Crippen LogP contribution in [0.15, 0.2) is 59.7 Å². The third kappa shape index (κ3) is 2.59. The van der Waals surface area contributed by atoms with Crippen molar-refractivity contribution in [2.45, 2.75) is 6.54 Å². The molecule has 0 fully saturated rings. The van der Waals surface area contributed by atoms with Gasteiger partial charge in [-0.3, -0.25) is 4.79 Å². The fraction of sp³-hybridized carbons (Fsp3) is 0.0714. The van der Waals surface area contributed by atoms with Crippen molar-refractivity contribution < 1.29 is 9.21 Å². The highest BCUT2D eigenvalue weighted by Gasteiger charge is 2.06. The first kappa shape index (κ1) is 12.2. The quantitative estimate of drug-likeness (QED) is 0.783. The number of hydrogen-bond donors (Lipinski definition) is 1.